The second kappa shape index (κ2) is 4.85. The van der Waals surface area contributed by atoms with Gasteiger partial charge < -0.3 is 5.48 Å². The minimum absolute atomic E-state index is 0. The van der Waals surface area contributed by atoms with Crippen molar-refractivity contribution >= 4 is 0 Å². The van der Waals surface area contributed by atoms with Crippen LogP contribution in [0.15, 0.2) is 11.1 Å². The van der Waals surface area contributed by atoms with Crippen molar-refractivity contribution in [3.63, 3.8) is 0 Å². The Labute approximate surface area is 51.7 Å². The van der Waals surface area contributed by atoms with Crippen molar-refractivity contribution in [3.05, 3.63) is 11.1 Å². The molecular weight excluding hydrogens is 100 g/mol. The first kappa shape index (κ1) is 10.6. The van der Waals surface area contributed by atoms with Gasteiger partial charge in [-0.25, -0.2) is 0 Å². The Kier molecular flexibility index (Phi) is 6.45. The van der Waals surface area contributed by atoms with Gasteiger partial charge in [0.1, 0.15) is 0 Å². The van der Waals surface area contributed by atoms with Gasteiger partial charge in [-0.1, -0.05) is 18.1 Å². The summed E-state index contributed by atoms with van der Waals surface area (Å²) in [6, 6.07) is 0. The first-order chi connectivity index (χ1) is 3.18. The molecule has 2 N–H and O–H groups in total. The highest BCUT2D eigenvalue weighted by molar-refractivity contribution is 5.05. The minimum Gasteiger partial charge on any atom is -0.412 e. The molecule has 0 heterocycles. The lowest BCUT2D eigenvalue weighted by molar-refractivity contribution is 0.824. The molecule has 0 rings (SSSR count). The molecule has 0 radical (unpaired) electrons. The van der Waals surface area contributed by atoms with Crippen molar-refractivity contribution in [1.82, 2.24) is 0 Å². The molecule has 0 aromatic heterocycles. The smallest absolute Gasteiger partial charge is 0.0349 e. The zero-order chi connectivity index (χ0) is 5.86. The van der Waals surface area contributed by atoms with Crippen LogP contribution < -0.4 is 0 Å². The van der Waals surface area contributed by atoms with Gasteiger partial charge in [0, 0.05) is 0 Å². The Hall–Kier alpha value is -0.300. The van der Waals surface area contributed by atoms with Crippen LogP contribution in [-0.2, 0) is 0 Å². The van der Waals surface area contributed by atoms with Crippen LogP contribution >= 0.6 is 0 Å². The highest BCUT2D eigenvalue weighted by Crippen LogP contribution is 2.04. The van der Waals surface area contributed by atoms with Crippen molar-refractivity contribution in [3.8, 4) is 0 Å². The van der Waals surface area contributed by atoms with Crippen molar-refractivity contribution in [1.29, 1.82) is 0 Å². The lowest BCUT2D eigenvalue weighted by Crippen LogP contribution is -1.73. The molecule has 0 aromatic rings. The first-order valence-electron chi connectivity index (χ1n) is 2.81. The molecule has 0 bridgehead atoms. The predicted molar refractivity (Wildman–Crippen MR) is 38.0 cm³/mol. The van der Waals surface area contributed by atoms with E-state index in [2.05, 4.69) is 27.7 Å². The summed E-state index contributed by atoms with van der Waals surface area (Å²) in [5, 5.41) is 0. The standard InChI is InChI=1S/C7H14.H2O/c1-5-7(4)6(2)3;/h5H2,1-4H3;1H2. The average molecular weight is 116 g/mol. The van der Waals surface area contributed by atoms with Gasteiger partial charge in [-0.15, -0.1) is 0 Å². The average Bonchev–Trinajstić information content (AvgIpc) is 1.65. The lowest BCUT2D eigenvalue weighted by Gasteiger charge is -1.94. The van der Waals surface area contributed by atoms with Gasteiger partial charge in [-0.3, -0.25) is 0 Å². The summed E-state index contributed by atoms with van der Waals surface area (Å²) in [4.78, 5) is 0. The van der Waals surface area contributed by atoms with Gasteiger partial charge in [0.25, 0.3) is 0 Å². The van der Waals surface area contributed by atoms with Crippen molar-refractivity contribution in [2.24, 2.45) is 0 Å². The van der Waals surface area contributed by atoms with Crippen molar-refractivity contribution in [2.75, 3.05) is 0 Å². The second-order valence-corrected chi connectivity index (χ2v) is 2.13. The summed E-state index contributed by atoms with van der Waals surface area (Å²) in [5.41, 5.74) is 2.97. The summed E-state index contributed by atoms with van der Waals surface area (Å²) in [6.07, 6.45) is 1.20. The third-order valence-corrected chi connectivity index (χ3v) is 1.38. The Morgan fingerprint density at radius 2 is 1.50 bits per heavy atom. The first-order valence-corrected chi connectivity index (χ1v) is 2.81. The molecule has 0 aromatic carbocycles. The molecule has 0 spiro atoms. The third kappa shape index (κ3) is 3.88. The summed E-state index contributed by atoms with van der Waals surface area (Å²) in [5.74, 6) is 0. The summed E-state index contributed by atoms with van der Waals surface area (Å²) in [7, 11) is 0. The van der Waals surface area contributed by atoms with Crippen LogP contribution in [0.2, 0.25) is 0 Å². The van der Waals surface area contributed by atoms with E-state index in [1.54, 1.807) is 0 Å². The third-order valence-electron chi connectivity index (χ3n) is 1.38. The molecule has 0 unspecified atom stereocenters. The van der Waals surface area contributed by atoms with E-state index in [4.69, 9.17) is 0 Å². The van der Waals surface area contributed by atoms with Gasteiger partial charge >= 0.3 is 0 Å². The SMILES string of the molecule is CCC(C)=C(C)C.O. The van der Waals surface area contributed by atoms with Crippen LogP contribution in [0.4, 0.5) is 0 Å². The molecular formula is C7H16O. The molecule has 1 heteroatoms. The number of hydrogen-bond acceptors (Lipinski definition) is 0. The summed E-state index contributed by atoms with van der Waals surface area (Å²) >= 11 is 0. The van der Waals surface area contributed by atoms with Crippen LogP contribution in [0.25, 0.3) is 0 Å². The molecule has 0 fully saturated rings. The Balaban J connectivity index is 0. The molecule has 0 saturated heterocycles. The Morgan fingerprint density at radius 1 is 1.12 bits per heavy atom. The topological polar surface area (TPSA) is 31.5 Å². The van der Waals surface area contributed by atoms with Gasteiger partial charge in [0.05, 0.1) is 0 Å². The van der Waals surface area contributed by atoms with Crippen molar-refractivity contribution < 1.29 is 5.48 Å². The van der Waals surface area contributed by atoms with Gasteiger partial charge in [-0.2, -0.15) is 0 Å². The summed E-state index contributed by atoms with van der Waals surface area (Å²) in [6.45, 7) is 8.66. The maximum absolute atomic E-state index is 2.18. The normalized spacial score (nSPS) is 7.50. The van der Waals surface area contributed by atoms with E-state index in [1.807, 2.05) is 0 Å². The molecule has 8 heavy (non-hydrogen) atoms. The zero-order valence-corrected chi connectivity index (χ0v) is 6.21. The van der Waals surface area contributed by atoms with Crippen LogP contribution in [-0.4, -0.2) is 5.48 Å². The predicted octanol–water partition coefficient (Wildman–Crippen LogP) is 1.93. The van der Waals surface area contributed by atoms with E-state index >= 15 is 0 Å². The van der Waals surface area contributed by atoms with E-state index < -0.39 is 0 Å². The van der Waals surface area contributed by atoms with Crippen LogP contribution in [0, 0.1) is 0 Å². The molecule has 0 atom stereocenters. The molecule has 0 aliphatic heterocycles. The Morgan fingerprint density at radius 3 is 1.50 bits per heavy atom. The number of rotatable bonds is 1. The summed E-state index contributed by atoms with van der Waals surface area (Å²) < 4.78 is 0. The minimum atomic E-state index is 0. The van der Waals surface area contributed by atoms with E-state index in [0.29, 0.717) is 0 Å². The second-order valence-electron chi connectivity index (χ2n) is 2.13. The zero-order valence-electron chi connectivity index (χ0n) is 6.21. The number of hydrogen-bond donors (Lipinski definition) is 0. The fraction of sp³-hybridized carbons (Fsp3) is 0.714. The van der Waals surface area contributed by atoms with Gasteiger partial charge in [0.15, 0.2) is 0 Å². The fourth-order valence-electron chi connectivity index (χ4n) is 0.354. The monoisotopic (exact) mass is 116 g/mol. The number of allylic oxidation sites excluding steroid dienone is 2. The van der Waals surface area contributed by atoms with E-state index in [9.17, 15) is 0 Å². The largest absolute Gasteiger partial charge is 0.412 e. The van der Waals surface area contributed by atoms with Gasteiger partial charge in [-0.05, 0) is 27.2 Å². The maximum Gasteiger partial charge on any atom is -0.0349 e. The lowest BCUT2D eigenvalue weighted by atomic mass is 10.1. The van der Waals surface area contributed by atoms with Crippen LogP contribution in [0.5, 0.6) is 0 Å². The highest BCUT2D eigenvalue weighted by Gasteiger charge is 1.82. The molecule has 0 aliphatic carbocycles. The molecule has 0 saturated carbocycles. The highest BCUT2D eigenvalue weighted by atomic mass is 16.0. The molecule has 1 nitrogen and oxygen atoms in total. The van der Waals surface area contributed by atoms with E-state index in [-0.39, 0.29) is 5.48 Å². The van der Waals surface area contributed by atoms with Crippen LogP contribution in [0.3, 0.4) is 0 Å². The molecule has 0 amide bonds. The van der Waals surface area contributed by atoms with Crippen LogP contribution in [0.1, 0.15) is 34.1 Å². The van der Waals surface area contributed by atoms with E-state index in [1.165, 1.54) is 17.6 Å². The Bertz CT molecular complexity index is 78.4. The fourth-order valence-corrected chi connectivity index (χ4v) is 0.354. The van der Waals surface area contributed by atoms with Gasteiger partial charge in [0.2, 0.25) is 0 Å². The molecule has 0 aliphatic rings. The quantitative estimate of drug-likeness (QED) is 0.469. The molecule has 50 valence electrons. The van der Waals surface area contributed by atoms with Crippen molar-refractivity contribution in [2.45, 2.75) is 34.1 Å². The maximum atomic E-state index is 2.18. The van der Waals surface area contributed by atoms with E-state index in [0.717, 1.165) is 0 Å².